The topological polar surface area (TPSA) is 96.3 Å². The van der Waals surface area contributed by atoms with Crippen LogP contribution in [0.2, 0.25) is 5.02 Å². The molecule has 1 aromatic heterocycles. The maximum atomic E-state index is 13.7. The van der Waals surface area contributed by atoms with Crippen LogP contribution in [0.3, 0.4) is 0 Å². The lowest BCUT2D eigenvalue weighted by molar-refractivity contribution is -0.133. The fourth-order valence-electron chi connectivity index (χ4n) is 4.79. The van der Waals surface area contributed by atoms with Gasteiger partial charge < -0.3 is 20.1 Å². The quantitative estimate of drug-likeness (QED) is 0.473. The minimum absolute atomic E-state index is 0.0450. The first-order valence-corrected chi connectivity index (χ1v) is 12.6. The molecule has 192 valence electrons. The van der Waals surface area contributed by atoms with Gasteiger partial charge in [-0.3, -0.25) is 14.4 Å². The van der Waals surface area contributed by atoms with Gasteiger partial charge in [-0.15, -0.1) is 0 Å². The Balaban J connectivity index is 1.32. The van der Waals surface area contributed by atoms with Crippen molar-refractivity contribution in [2.45, 2.75) is 50.9 Å². The zero-order valence-electron chi connectivity index (χ0n) is 20.3. The van der Waals surface area contributed by atoms with Gasteiger partial charge in [-0.25, -0.2) is 9.37 Å². The normalized spacial score (nSPS) is 18.9. The van der Waals surface area contributed by atoms with Gasteiger partial charge in [0.25, 0.3) is 11.8 Å². The molecule has 2 aliphatic rings. The molecule has 0 bridgehead atoms. The smallest absolute Gasteiger partial charge is 0.274 e. The molecule has 37 heavy (non-hydrogen) atoms. The molecule has 0 unspecified atom stereocenters. The number of nitrogens with one attached hydrogen (secondary N) is 2. The number of fused-ring (bicyclic) bond motifs is 1. The van der Waals surface area contributed by atoms with Gasteiger partial charge in [-0.1, -0.05) is 41.9 Å². The van der Waals surface area contributed by atoms with Crippen LogP contribution < -0.4 is 10.6 Å². The van der Waals surface area contributed by atoms with Crippen molar-refractivity contribution >= 4 is 29.3 Å². The minimum Gasteiger partial charge on any atom is -0.350 e. The summed E-state index contributed by atoms with van der Waals surface area (Å²) in [5.74, 6) is -1.51. The molecule has 1 aliphatic heterocycles. The summed E-state index contributed by atoms with van der Waals surface area (Å²) >= 11 is 6.19. The molecule has 2 heterocycles. The number of halogens is 2. The van der Waals surface area contributed by atoms with Gasteiger partial charge in [0, 0.05) is 24.2 Å². The maximum Gasteiger partial charge on any atom is 0.274 e. The largest absolute Gasteiger partial charge is 0.350 e. The fraction of sp³-hybridized carbons (Fsp3) is 0.333. The first-order chi connectivity index (χ1) is 17.8. The second-order valence-electron chi connectivity index (χ2n) is 9.66. The van der Waals surface area contributed by atoms with Crippen molar-refractivity contribution in [1.29, 1.82) is 0 Å². The predicted molar refractivity (Wildman–Crippen MR) is 136 cm³/mol. The van der Waals surface area contributed by atoms with Crippen molar-refractivity contribution < 1.29 is 18.8 Å². The Kier molecular flexibility index (Phi) is 6.72. The molecule has 2 N–H and O–H groups in total. The predicted octanol–water partition coefficient (Wildman–Crippen LogP) is 3.34. The van der Waals surface area contributed by atoms with Crippen LogP contribution in [0, 0.1) is 5.82 Å². The Morgan fingerprint density at radius 2 is 1.86 bits per heavy atom. The molecule has 10 heteroatoms. The standard InChI is InChI=1S/C27H27ClFN5O3/c1-27(26(37)31-14-17-6-8-19(29)9-7-17)15-33-16-32-22(23(33)25(36)34(27)20-10-11-20)24(35)30-13-12-18-4-2-3-5-21(18)28/h2-9,16,20H,10-15H2,1H3,(H,30,35)(H,31,37)/t27-/m1/s1. The highest BCUT2D eigenvalue weighted by Gasteiger charge is 2.53. The summed E-state index contributed by atoms with van der Waals surface area (Å²) in [7, 11) is 0. The van der Waals surface area contributed by atoms with E-state index in [-0.39, 0.29) is 48.2 Å². The summed E-state index contributed by atoms with van der Waals surface area (Å²) in [5.41, 5.74) is 0.728. The van der Waals surface area contributed by atoms with E-state index in [0.717, 1.165) is 24.0 Å². The third-order valence-corrected chi connectivity index (χ3v) is 7.26. The van der Waals surface area contributed by atoms with E-state index in [4.69, 9.17) is 11.6 Å². The molecular weight excluding hydrogens is 497 g/mol. The average Bonchev–Trinajstić information content (AvgIpc) is 3.62. The molecule has 1 atom stereocenters. The highest BCUT2D eigenvalue weighted by atomic mass is 35.5. The summed E-state index contributed by atoms with van der Waals surface area (Å²) in [6, 6.07) is 13.2. The van der Waals surface area contributed by atoms with Gasteiger partial charge in [0.2, 0.25) is 5.91 Å². The van der Waals surface area contributed by atoms with Crippen molar-refractivity contribution in [3.63, 3.8) is 0 Å². The van der Waals surface area contributed by atoms with Crippen molar-refractivity contribution in [1.82, 2.24) is 25.1 Å². The van der Waals surface area contributed by atoms with Crippen LogP contribution in [-0.2, 0) is 24.3 Å². The Hall–Kier alpha value is -3.72. The average molecular weight is 524 g/mol. The fourth-order valence-corrected chi connectivity index (χ4v) is 5.02. The molecular formula is C27H27ClFN5O3. The second-order valence-corrected chi connectivity index (χ2v) is 10.1. The number of hydrogen-bond donors (Lipinski definition) is 2. The van der Waals surface area contributed by atoms with Crippen molar-refractivity contribution in [3.05, 3.63) is 88.2 Å². The number of imidazole rings is 1. The first-order valence-electron chi connectivity index (χ1n) is 12.2. The number of amides is 3. The van der Waals surface area contributed by atoms with Gasteiger partial charge in [-0.05, 0) is 55.5 Å². The van der Waals surface area contributed by atoms with Gasteiger partial charge in [0.1, 0.15) is 17.1 Å². The molecule has 2 aromatic carbocycles. The van der Waals surface area contributed by atoms with Crippen LogP contribution >= 0.6 is 11.6 Å². The van der Waals surface area contributed by atoms with Crippen LogP contribution in [0.1, 0.15) is 51.9 Å². The highest BCUT2D eigenvalue weighted by molar-refractivity contribution is 6.31. The van der Waals surface area contributed by atoms with Gasteiger partial charge in [0.05, 0.1) is 12.9 Å². The van der Waals surface area contributed by atoms with Crippen LogP contribution in [0.4, 0.5) is 4.39 Å². The lowest BCUT2D eigenvalue weighted by atomic mass is 9.93. The number of benzene rings is 2. The number of nitrogens with zero attached hydrogens (tertiary/aromatic N) is 3. The summed E-state index contributed by atoms with van der Waals surface area (Å²) in [6.45, 7) is 2.44. The third-order valence-electron chi connectivity index (χ3n) is 6.89. The van der Waals surface area contributed by atoms with Crippen molar-refractivity contribution in [3.8, 4) is 0 Å². The minimum atomic E-state index is -1.16. The molecule has 1 saturated carbocycles. The Morgan fingerprint density at radius 3 is 2.57 bits per heavy atom. The summed E-state index contributed by atoms with van der Waals surface area (Å²) in [6.07, 6.45) is 3.56. The zero-order valence-corrected chi connectivity index (χ0v) is 21.1. The lowest BCUT2D eigenvalue weighted by Gasteiger charge is -2.44. The van der Waals surface area contributed by atoms with E-state index in [1.165, 1.54) is 18.5 Å². The number of carbonyl (C=O) groups excluding carboxylic acids is 3. The Bertz CT molecular complexity index is 1350. The van der Waals surface area contributed by atoms with Gasteiger partial charge in [-0.2, -0.15) is 0 Å². The zero-order chi connectivity index (χ0) is 26.2. The summed E-state index contributed by atoms with van der Waals surface area (Å²) in [5, 5.41) is 6.35. The number of hydrogen-bond acceptors (Lipinski definition) is 4. The van der Waals surface area contributed by atoms with E-state index >= 15 is 0 Å². The monoisotopic (exact) mass is 523 g/mol. The van der Waals surface area contributed by atoms with Crippen molar-refractivity contribution in [2.75, 3.05) is 6.54 Å². The maximum absolute atomic E-state index is 13.7. The van der Waals surface area contributed by atoms with Crippen molar-refractivity contribution in [2.24, 2.45) is 0 Å². The summed E-state index contributed by atoms with van der Waals surface area (Å²) in [4.78, 5) is 45.9. The molecule has 3 amide bonds. The lowest BCUT2D eigenvalue weighted by Crippen LogP contribution is -2.64. The van der Waals surface area contributed by atoms with Crippen LogP contribution in [-0.4, -0.2) is 50.3 Å². The first kappa shape index (κ1) is 25.0. The van der Waals surface area contributed by atoms with Crippen LogP contribution in [0.25, 0.3) is 0 Å². The molecule has 3 aromatic rings. The molecule has 0 radical (unpaired) electrons. The van der Waals surface area contributed by atoms with E-state index in [9.17, 15) is 18.8 Å². The Labute approximate surface area is 218 Å². The molecule has 8 nitrogen and oxygen atoms in total. The van der Waals surface area contributed by atoms with E-state index < -0.39 is 11.4 Å². The van der Waals surface area contributed by atoms with Gasteiger partial charge >= 0.3 is 0 Å². The molecule has 5 rings (SSSR count). The van der Waals surface area contributed by atoms with E-state index in [0.29, 0.717) is 18.0 Å². The van der Waals surface area contributed by atoms with E-state index in [1.54, 1.807) is 34.6 Å². The Morgan fingerprint density at radius 1 is 1.14 bits per heavy atom. The number of carbonyl (C=O) groups is 3. The molecule has 1 aliphatic carbocycles. The molecule has 0 saturated heterocycles. The van der Waals surface area contributed by atoms with Crippen LogP contribution in [0.5, 0.6) is 0 Å². The van der Waals surface area contributed by atoms with Crippen LogP contribution in [0.15, 0.2) is 54.9 Å². The third kappa shape index (κ3) is 4.96. The highest BCUT2D eigenvalue weighted by Crippen LogP contribution is 2.38. The second kappa shape index (κ2) is 9.97. The SMILES string of the molecule is C[C@]1(C(=O)NCc2ccc(F)cc2)Cn2cnc(C(=O)NCCc3ccccc3Cl)c2C(=O)N1C1CC1. The van der Waals surface area contributed by atoms with E-state index in [1.807, 2.05) is 18.2 Å². The van der Waals surface area contributed by atoms with Gasteiger partial charge in [0.15, 0.2) is 5.69 Å². The molecule has 1 fully saturated rings. The molecule has 0 spiro atoms. The number of rotatable bonds is 8. The summed E-state index contributed by atoms with van der Waals surface area (Å²) < 4.78 is 14.8. The number of aromatic nitrogens is 2. The van der Waals surface area contributed by atoms with E-state index in [2.05, 4.69) is 15.6 Å².